The van der Waals surface area contributed by atoms with E-state index in [1.807, 2.05) is 27.1 Å². The van der Waals surface area contributed by atoms with Gasteiger partial charge in [-0.15, -0.1) is 0 Å². The van der Waals surface area contributed by atoms with Crippen molar-refractivity contribution in [1.29, 1.82) is 0 Å². The topological polar surface area (TPSA) is 64.1 Å². The third-order valence-electron chi connectivity index (χ3n) is 2.57. The Bertz CT molecular complexity index is 369. The fourth-order valence-corrected chi connectivity index (χ4v) is 1.69. The number of aliphatic hydroxyl groups excluding tert-OH is 1. The van der Waals surface area contributed by atoms with Crippen LogP contribution in [0.5, 0.6) is 0 Å². The maximum absolute atomic E-state index is 10.2. The van der Waals surface area contributed by atoms with Crippen LogP contribution in [0.3, 0.4) is 0 Å². The van der Waals surface area contributed by atoms with E-state index >= 15 is 0 Å². The van der Waals surface area contributed by atoms with Crippen LogP contribution in [-0.4, -0.2) is 20.4 Å². The molecule has 0 amide bonds. The highest BCUT2D eigenvalue weighted by atomic mass is 16.3. The predicted molar refractivity (Wildman–Crippen MR) is 65.1 cm³/mol. The molecule has 0 saturated heterocycles. The summed E-state index contributed by atoms with van der Waals surface area (Å²) in [7, 11) is 1.86. The molecule has 1 atom stereocenters. The molecule has 4 heteroatoms. The van der Waals surface area contributed by atoms with Crippen LogP contribution in [0.2, 0.25) is 0 Å². The molecule has 0 aliphatic carbocycles. The molecule has 0 radical (unpaired) electrons. The van der Waals surface area contributed by atoms with Crippen LogP contribution in [-0.2, 0) is 12.5 Å². The summed E-state index contributed by atoms with van der Waals surface area (Å²) in [4.78, 5) is 0. The minimum Gasteiger partial charge on any atom is -0.386 e. The van der Waals surface area contributed by atoms with Crippen molar-refractivity contribution in [3.05, 3.63) is 17.5 Å². The highest BCUT2D eigenvalue weighted by Gasteiger charge is 2.32. The van der Waals surface area contributed by atoms with Crippen LogP contribution < -0.4 is 5.73 Å². The lowest BCUT2D eigenvalue weighted by molar-refractivity contribution is 0.103. The van der Waals surface area contributed by atoms with Gasteiger partial charge in [-0.25, -0.2) is 0 Å². The van der Waals surface area contributed by atoms with Gasteiger partial charge < -0.3 is 10.8 Å². The first-order valence-corrected chi connectivity index (χ1v) is 5.54. The van der Waals surface area contributed by atoms with Gasteiger partial charge in [0.2, 0.25) is 0 Å². The van der Waals surface area contributed by atoms with Crippen molar-refractivity contribution in [2.45, 2.75) is 51.7 Å². The van der Waals surface area contributed by atoms with Crippen LogP contribution in [0.15, 0.2) is 6.20 Å². The van der Waals surface area contributed by atoms with Crippen molar-refractivity contribution in [2.75, 3.05) is 0 Å². The van der Waals surface area contributed by atoms with E-state index < -0.39 is 11.6 Å². The Balaban J connectivity index is 3.24. The van der Waals surface area contributed by atoms with Gasteiger partial charge in [-0.3, -0.25) is 4.68 Å². The van der Waals surface area contributed by atoms with E-state index in [2.05, 4.69) is 25.9 Å². The molecule has 3 N–H and O–H groups in total. The van der Waals surface area contributed by atoms with E-state index in [0.717, 1.165) is 11.3 Å². The molecule has 0 aliphatic heterocycles. The molecule has 16 heavy (non-hydrogen) atoms. The SMILES string of the molecule is Cn1cc(C(O)C(C)(C)N)c(C(C)(C)C)n1. The van der Waals surface area contributed by atoms with E-state index in [-0.39, 0.29) is 5.41 Å². The summed E-state index contributed by atoms with van der Waals surface area (Å²) >= 11 is 0. The number of nitrogens with zero attached hydrogens (tertiary/aromatic N) is 2. The quantitative estimate of drug-likeness (QED) is 0.801. The van der Waals surface area contributed by atoms with Crippen molar-refractivity contribution in [3.8, 4) is 0 Å². The van der Waals surface area contributed by atoms with Crippen molar-refractivity contribution in [3.63, 3.8) is 0 Å². The minimum atomic E-state index is -0.699. The molecule has 1 aromatic heterocycles. The monoisotopic (exact) mass is 225 g/mol. The molecule has 4 nitrogen and oxygen atoms in total. The average Bonchev–Trinajstić information content (AvgIpc) is 2.43. The molecule has 0 spiro atoms. The fraction of sp³-hybridized carbons (Fsp3) is 0.750. The van der Waals surface area contributed by atoms with E-state index in [1.54, 1.807) is 4.68 Å². The number of rotatable bonds is 2. The molecule has 1 aromatic rings. The number of hydrogen-bond acceptors (Lipinski definition) is 3. The zero-order valence-electron chi connectivity index (χ0n) is 11.1. The van der Waals surface area contributed by atoms with Gasteiger partial charge in [-0.05, 0) is 13.8 Å². The van der Waals surface area contributed by atoms with Crippen LogP contribution in [0, 0.1) is 0 Å². The molecular formula is C12H23N3O. The summed E-state index contributed by atoms with van der Waals surface area (Å²) in [5.74, 6) is 0. The molecule has 0 aromatic carbocycles. The third-order valence-corrected chi connectivity index (χ3v) is 2.57. The van der Waals surface area contributed by atoms with Gasteiger partial charge >= 0.3 is 0 Å². The van der Waals surface area contributed by atoms with E-state index in [1.165, 1.54) is 0 Å². The third kappa shape index (κ3) is 2.62. The van der Waals surface area contributed by atoms with E-state index in [9.17, 15) is 5.11 Å². The first-order chi connectivity index (χ1) is 7.03. The second kappa shape index (κ2) is 3.86. The Morgan fingerprint density at radius 2 is 1.81 bits per heavy atom. The van der Waals surface area contributed by atoms with Gasteiger partial charge in [0.1, 0.15) is 0 Å². The number of aliphatic hydroxyl groups is 1. The van der Waals surface area contributed by atoms with Crippen LogP contribution in [0.1, 0.15) is 52.0 Å². The summed E-state index contributed by atoms with van der Waals surface area (Å²) in [5.41, 5.74) is 6.91. The lowest BCUT2D eigenvalue weighted by Gasteiger charge is -2.28. The van der Waals surface area contributed by atoms with Gasteiger partial charge in [0.15, 0.2) is 0 Å². The summed E-state index contributed by atoms with van der Waals surface area (Å²) in [6.45, 7) is 9.87. The first kappa shape index (κ1) is 13.2. The van der Waals surface area contributed by atoms with Gasteiger partial charge in [0.25, 0.3) is 0 Å². The summed E-state index contributed by atoms with van der Waals surface area (Å²) < 4.78 is 1.73. The lowest BCUT2D eigenvalue weighted by Crippen LogP contribution is -2.40. The number of aryl methyl sites for hydroxylation is 1. The van der Waals surface area contributed by atoms with Crippen molar-refractivity contribution >= 4 is 0 Å². The zero-order valence-corrected chi connectivity index (χ0v) is 11.1. The largest absolute Gasteiger partial charge is 0.386 e. The number of aromatic nitrogens is 2. The molecular weight excluding hydrogens is 202 g/mol. The standard InChI is InChI=1S/C12H23N3O/c1-11(2,3)9-8(7-15(6)14-9)10(16)12(4,5)13/h7,10,16H,13H2,1-6H3. The second-order valence-corrected chi connectivity index (χ2v) is 6.08. The fourth-order valence-electron chi connectivity index (χ4n) is 1.69. The zero-order chi connectivity index (χ0) is 12.7. The second-order valence-electron chi connectivity index (χ2n) is 6.08. The number of hydrogen-bond donors (Lipinski definition) is 2. The Hall–Kier alpha value is -0.870. The molecule has 0 fully saturated rings. The van der Waals surface area contributed by atoms with Crippen molar-refractivity contribution < 1.29 is 5.11 Å². The summed E-state index contributed by atoms with van der Waals surface area (Å²) in [5, 5.41) is 14.7. The Morgan fingerprint density at radius 1 is 1.31 bits per heavy atom. The predicted octanol–water partition coefficient (Wildman–Crippen LogP) is 1.49. The van der Waals surface area contributed by atoms with Gasteiger partial charge in [0.05, 0.1) is 11.8 Å². The van der Waals surface area contributed by atoms with Gasteiger partial charge in [-0.2, -0.15) is 5.10 Å². The van der Waals surface area contributed by atoms with Crippen molar-refractivity contribution in [1.82, 2.24) is 9.78 Å². The average molecular weight is 225 g/mol. The first-order valence-electron chi connectivity index (χ1n) is 5.54. The lowest BCUT2D eigenvalue weighted by atomic mass is 9.84. The van der Waals surface area contributed by atoms with E-state index in [4.69, 9.17) is 5.73 Å². The Labute approximate surface area is 97.5 Å². The molecule has 92 valence electrons. The number of nitrogens with two attached hydrogens (primary N) is 1. The highest BCUT2D eigenvalue weighted by molar-refractivity contribution is 5.28. The molecule has 1 rings (SSSR count). The Kier molecular flexibility index (Phi) is 3.18. The normalized spacial score (nSPS) is 15.2. The highest BCUT2D eigenvalue weighted by Crippen LogP contribution is 2.32. The maximum atomic E-state index is 10.2. The molecule has 1 heterocycles. The molecule has 0 saturated carbocycles. The van der Waals surface area contributed by atoms with Gasteiger partial charge in [0, 0.05) is 29.8 Å². The van der Waals surface area contributed by atoms with Crippen LogP contribution in [0.25, 0.3) is 0 Å². The van der Waals surface area contributed by atoms with Gasteiger partial charge in [-0.1, -0.05) is 20.8 Å². The Morgan fingerprint density at radius 3 is 2.19 bits per heavy atom. The summed E-state index contributed by atoms with van der Waals surface area (Å²) in [6.07, 6.45) is 1.15. The smallest absolute Gasteiger partial charge is 0.0997 e. The minimum absolute atomic E-state index is 0.0944. The molecule has 1 unspecified atom stereocenters. The van der Waals surface area contributed by atoms with E-state index in [0.29, 0.717) is 0 Å². The maximum Gasteiger partial charge on any atom is 0.0997 e. The van der Waals surface area contributed by atoms with Crippen LogP contribution in [0.4, 0.5) is 0 Å². The van der Waals surface area contributed by atoms with Crippen molar-refractivity contribution in [2.24, 2.45) is 12.8 Å². The molecule has 0 bridgehead atoms. The summed E-state index contributed by atoms with van der Waals surface area (Å²) in [6, 6.07) is 0. The van der Waals surface area contributed by atoms with Crippen LogP contribution >= 0.6 is 0 Å². The molecule has 0 aliphatic rings.